The molecule has 2 aliphatic rings. The molecule has 1 saturated carbocycles. The van der Waals surface area contributed by atoms with E-state index in [4.69, 9.17) is 11.6 Å². The normalized spacial score (nSPS) is 22.2. The number of urea groups is 1. The maximum Gasteiger partial charge on any atom is 0.401 e. The molecule has 0 bridgehead atoms. The Morgan fingerprint density at radius 1 is 1.23 bits per heavy atom. The van der Waals surface area contributed by atoms with E-state index >= 15 is 0 Å². The number of amides is 2. The monoisotopic (exact) mass is 389 g/mol. The van der Waals surface area contributed by atoms with Gasteiger partial charge in [-0.25, -0.2) is 4.79 Å². The molecule has 144 valence electrons. The lowest BCUT2D eigenvalue weighted by molar-refractivity contribution is -0.143. The summed E-state index contributed by atoms with van der Waals surface area (Å²) in [5.41, 5.74) is 1.02. The zero-order valence-corrected chi connectivity index (χ0v) is 15.1. The van der Waals surface area contributed by atoms with Gasteiger partial charge in [0.2, 0.25) is 0 Å². The summed E-state index contributed by atoms with van der Waals surface area (Å²) in [7, 11) is 0. The summed E-state index contributed by atoms with van der Waals surface area (Å²) in [4.78, 5) is 13.6. The first-order valence-corrected chi connectivity index (χ1v) is 9.27. The van der Waals surface area contributed by atoms with Crippen molar-refractivity contribution in [2.45, 2.75) is 31.5 Å². The Hall–Kier alpha value is -1.47. The van der Waals surface area contributed by atoms with Gasteiger partial charge in [-0.2, -0.15) is 13.2 Å². The standard InChI is InChI=1S/C18H23ClF3N3O/c19-15-5-3-14(4-6-15)16(13-1-2-13)24-17(26)23-9-12-7-8-25(10-12)11-18(20,21)22/h3-6,12-13,16H,1-2,7-11H2,(H2,23,24,26)/t12-,16+/m0/s1. The molecule has 1 heterocycles. The van der Waals surface area contributed by atoms with E-state index in [1.165, 1.54) is 4.90 Å². The molecule has 26 heavy (non-hydrogen) atoms. The lowest BCUT2D eigenvalue weighted by Gasteiger charge is -2.21. The molecule has 2 fully saturated rings. The fraction of sp³-hybridized carbons (Fsp3) is 0.611. The average Bonchev–Trinajstić information content (AvgIpc) is 3.31. The minimum atomic E-state index is -4.17. The van der Waals surface area contributed by atoms with E-state index in [1.54, 1.807) is 12.1 Å². The molecule has 1 saturated heterocycles. The van der Waals surface area contributed by atoms with Gasteiger partial charge in [0.1, 0.15) is 0 Å². The van der Waals surface area contributed by atoms with Crippen molar-refractivity contribution in [2.75, 3.05) is 26.2 Å². The Balaban J connectivity index is 1.45. The van der Waals surface area contributed by atoms with Gasteiger partial charge in [-0.05, 0) is 55.3 Å². The van der Waals surface area contributed by atoms with Crippen LogP contribution in [0.3, 0.4) is 0 Å². The Bertz CT molecular complexity index is 619. The van der Waals surface area contributed by atoms with E-state index in [0.29, 0.717) is 37.0 Å². The van der Waals surface area contributed by atoms with Crippen LogP contribution >= 0.6 is 11.6 Å². The highest BCUT2D eigenvalue weighted by Gasteiger charge is 2.35. The largest absolute Gasteiger partial charge is 0.401 e. The van der Waals surface area contributed by atoms with Gasteiger partial charge in [0.25, 0.3) is 0 Å². The van der Waals surface area contributed by atoms with Gasteiger partial charge >= 0.3 is 12.2 Å². The van der Waals surface area contributed by atoms with Gasteiger partial charge in [0.05, 0.1) is 12.6 Å². The third kappa shape index (κ3) is 5.77. The molecule has 1 aliphatic heterocycles. The predicted molar refractivity (Wildman–Crippen MR) is 94.1 cm³/mol. The van der Waals surface area contributed by atoms with E-state index in [1.807, 2.05) is 12.1 Å². The van der Waals surface area contributed by atoms with Crippen LogP contribution in [0.4, 0.5) is 18.0 Å². The summed E-state index contributed by atoms with van der Waals surface area (Å²) in [6.45, 7) is 0.292. The molecule has 1 aliphatic carbocycles. The number of hydrogen-bond donors (Lipinski definition) is 2. The number of benzene rings is 1. The topological polar surface area (TPSA) is 44.4 Å². The zero-order valence-electron chi connectivity index (χ0n) is 14.4. The quantitative estimate of drug-likeness (QED) is 0.773. The highest BCUT2D eigenvalue weighted by Crippen LogP contribution is 2.41. The lowest BCUT2D eigenvalue weighted by Crippen LogP contribution is -2.41. The number of halogens is 4. The van der Waals surface area contributed by atoms with E-state index in [9.17, 15) is 18.0 Å². The summed E-state index contributed by atoms with van der Waals surface area (Å²) in [5.74, 6) is 0.480. The molecule has 2 atom stereocenters. The SMILES string of the molecule is O=C(NC[C@@H]1CCN(CC(F)(F)F)C1)N[C@@H](c1ccc(Cl)cc1)C1CC1. The molecule has 8 heteroatoms. The molecule has 0 unspecified atom stereocenters. The Labute approximate surface area is 156 Å². The number of nitrogens with one attached hydrogen (secondary N) is 2. The summed E-state index contributed by atoms with van der Waals surface area (Å²) >= 11 is 5.92. The minimum Gasteiger partial charge on any atom is -0.338 e. The molecule has 0 spiro atoms. The van der Waals surface area contributed by atoms with Gasteiger partial charge in [0, 0.05) is 18.1 Å². The Morgan fingerprint density at radius 3 is 2.54 bits per heavy atom. The van der Waals surface area contributed by atoms with Gasteiger partial charge < -0.3 is 10.6 Å². The highest BCUT2D eigenvalue weighted by atomic mass is 35.5. The molecule has 3 rings (SSSR count). The van der Waals surface area contributed by atoms with Crippen molar-refractivity contribution in [3.05, 3.63) is 34.9 Å². The molecule has 0 radical (unpaired) electrons. The van der Waals surface area contributed by atoms with Crippen molar-refractivity contribution in [1.82, 2.24) is 15.5 Å². The van der Waals surface area contributed by atoms with Crippen molar-refractivity contribution < 1.29 is 18.0 Å². The Kier molecular flexibility index (Phi) is 5.97. The number of alkyl halides is 3. The van der Waals surface area contributed by atoms with Crippen LogP contribution in [0, 0.1) is 11.8 Å². The first-order chi connectivity index (χ1) is 12.3. The maximum atomic E-state index is 12.4. The maximum absolute atomic E-state index is 12.4. The van der Waals surface area contributed by atoms with Gasteiger partial charge in [-0.1, -0.05) is 23.7 Å². The second-order valence-electron chi connectivity index (χ2n) is 7.23. The van der Waals surface area contributed by atoms with Gasteiger partial charge in [-0.15, -0.1) is 0 Å². The molecule has 1 aromatic rings. The van der Waals surface area contributed by atoms with E-state index < -0.39 is 12.7 Å². The van der Waals surface area contributed by atoms with Crippen LogP contribution in [0.5, 0.6) is 0 Å². The summed E-state index contributed by atoms with van der Waals surface area (Å²) < 4.78 is 37.3. The molecule has 0 aromatic heterocycles. The van der Waals surface area contributed by atoms with Crippen LogP contribution in [0.2, 0.25) is 5.02 Å². The molecule has 2 N–H and O–H groups in total. The van der Waals surface area contributed by atoms with Crippen LogP contribution in [-0.2, 0) is 0 Å². The van der Waals surface area contributed by atoms with Crippen molar-refractivity contribution in [3.63, 3.8) is 0 Å². The lowest BCUT2D eigenvalue weighted by atomic mass is 10.0. The Morgan fingerprint density at radius 2 is 1.92 bits per heavy atom. The number of nitrogens with zero attached hydrogens (tertiary/aromatic N) is 1. The van der Waals surface area contributed by atoms with Crippen LogP contribution < -0.4 is 10.6 Å². The highest BCUT2D eigenvalue weighted by molar-refractivity contribution is 6.30. The second-order valence-corrected chi connectivity index (χ2v) is 7.66. The molecular formula is C18H23ClF3N3O. The van der Waals surface area contributed by atoms with E-state index in [2.05, 4.69) is 10.6 Å². The van der Waals surface area contributed by atoms with Crippen molar-refractivity contribution in [3.8, 4) is 0 Å². The smallest absolute Gasteiger partial charge is 0.338 e. The number of hydrogen-bond acceptors (Lipinski definition) is 2. The van der Waals surface area contributed by atoms with Crippen LogP contribution in [0.1, 0.15) is 30.9 Å². The van der Waals surface area contributed by atoms with Crippen molar-refractivity contribution in [2.24, 2.45) is 11.8 Å². The fourth-order valence-corrected chi connectivity index (χ4v) is 3.60. The summed E-state index contributed by atoms with van der Waals surface area (Å²) in [6.07, 6.45) is -1.36. The summed E-state index contributed by atoms with van der Waals surface area (Å²) in [5, 5.41) is 6.47. The third-order valence-electron chi connectivity index (χ3n) is 4.93. The number of rotatable bonds is 6. The van der Waals surface area contributed by atoms with Crippen LogP contribution in [0.15, 0.2) is 24.3 Å². The third-order valence-corrected chi connectivity index (χ3v) is 5.19. The summed E-state index contributed by atoms with van der Waals surface area (Å²) in [6, 6.07) is 7.11. The molecular weight excluding hydrogens is 367 g/mol. The predicted octanol–water partition coefficient (Wildman–Crippen LogP) is 3.97. The van der Waals surface area contributed by atoms with Crippen molar-refractivity contribution in [1.29, 1.82) is 0 Å². The molecule has 4 nitrogen and oxygen atoms in total. The minimum absolute atomic E-state index is 0.0537. The van der Waals surface area contributed by atoms with E-state index in [-0.39, 0.29) is 18.0 Å². The van der Waals surface area contributed by atoms with Gasteiger partial charge in [-0.3, -0.25) is 4.90 Å². The van der Waals surface area contributed by atoms with Crippen LogP contribution in [0.25, 0.3) is 0 Å². The van der Waals surface area contributed by atoms with Gasteiger partial charge in [0.15, 0.2) is 0 Å². The first kappa shape index (κ1) is 19.3. The number of carbonyl (C=O) groups is 1. The fourth-order valence-electron chi connectivity index (χ4n) is 3.48. The van der Waals surface area contributed by atoms with Crippen molar-refractivity contribution >= 4 is 17.6 Å². The van der Waals surface area contributed by atoms with Crippen LogP contribution in [-0.4, -0.2) is 43.3 Å². The molecule has 2 amide bonds. The number of carbonyl (C=O) groups excluding carboxylic acids is 1. The average molecular weight is 390 g/mol. The number of likely N-dealkylation sites (tertiary alicyclic amines) is 1. The second kappa shape index (κ2) is 8.05. The first-order valence-electron chi connectivity index (χ1n) is 8.89. The molecule has 1 aromatic carbocycles. The zero-order chi connectivity index (χ0) is 18.7. The van der Waals surface area contributed by atoms with E-state index in [0.717, 1.165) is 18.4 Å².